The zero-order valence-electron chi connectivity index (χ0n) is 19.2. The molecule has 2 amide bonds. The van der Waals surface area contributed by atoms with Crippen molar-refractivity contribution in [3.8, 4) is 0 Å². The second-order valence-corrected chi connectivity index (χ2v) is 8.88. The van der Waals surface area contributed by atoms with Crippen LogP contribution in [-0.4, -0.2) is 60.4 Å². The highest BCUT2D eigenvalue weighted by Gasteiger charge is 2.36. The van der Waals surface area contributed by atoms with Gasteiger partial charge in [0.05, 0.1) is 18.1 Å². The Labute approximate surface area is 196 Å². The molecule has 1 aromatic carbocycles. The summed E-state index contributed by atoms with van der Waals surface area (Å²) in [5.74, 6) is -2.70. The molecule has 0 N–H and O–H groups in total. The first-order chi connectivity index (χ1) is 16.1. The average molecular weight is 487 g/mol. The topological polar surface area (TPSA) is 66.9 Å². The maximum Gasteiger partial charge on any atom is 0.419 e. The minimum absolute atomic E-state index is 0.00882. The lowest BCUT2D eigenvalue weighted by molar-refractivity contribution is -0.152. The number of rotatable bonds is 6. The molecule has 0 aromatic heterocycles. The monoisotopic (exact) mass is 486 g/mol. The number of piperidine rings is 2. The molecular weight excluding hydrogens is 456 g/mol. The van der Waals surface area contributed by atoms with Crippen LogP contribution in [-0.2, 0) is 20.5 Å². The molecule has 1 aromatic rings. The molecule has 34 heavy (non-hydrogen) atoms. The maximum atomic E-state index is 13.8. The van der Waals surface area contributed by atoms with Crippen LogP contribution in [0.2, 0.25) is 0 Å². The van der Waals surface area contributed by atoms with E-state index in [-0.39, 0.29) is 42.4 Å². The van der Waals surface area contributed by atoms with Crippen molar-refractivity contribution in [2.24, 2.45) is 11.8 Å². The van der Waals surface area contributed by atoms with Crippen molar-refractivity contribution in [1.29, 1.82) is 0 Å². The lowest BCUT2D eigenvalue weighted by Crippen LogP contribution is -2.47. The molecule has 0 saturated carbocycles. The minimum Gasteiger partial charge on any atom is -0.465 e. The van der Waals surface area contributed by atoms with Gasteiger partial charge < -0.3 is 14.5 Å². The molecule has 2 saturated heterocycles. The minimum atomic E-state index is -4.83. The van der Waals surface area contributed by atoms with Crippen LogP contribution in [0.25, 0.3) is 0 Å². The lowest BCUT2D eigenvalue weighted by Gasteiger charge is -2.37. The SMILES string of the molecule is CCCCOC(=O)C1CCN(C(=O)C2CCN(C(=O)c3ccc(C(F)(F)F)c(F)c3)CC2)CC1. The van der Waals surface area contributed by atoms with Crippen molar-refractivity contribution in [3.05, 3.63) is 35.1 Å². The summed E-state index contributed by atoms with van der Waals surface area (Å²) in [4.78, 5) is 40.8. The molecular formula is C24H30F4N2O4. The number of amides is 2. The summed E-state index contributed by atoms with van der Waals surface area (Å²) in [6.45, 7) is 3.93. The van der Waals surface area contributed by atoms with Gasteiger partial charge in [0.15, 0.2) is 0 Å². The van der Waals surface area contributed by atoms with E-state index in [2.05, 4.69) is 0 Å². The molecule has 2 aliphatic heterocycles. The Morgan fingerprint density at radius 2 is 1.56 bits per heavy atom. The number of unbranched alkanes of at least 4 members (excludes halogenated alkanes) is 1. The van der Waals surface area contributed by atoms with Gasteiger partial charge in [-0.3, -0.25) is 14.4 Å². The van der Waals surface area contributed by atoms with Crippen LogP contribution < -0.4 is 0 Å². The average Bonchev–Trinajstić information content (AvgIpc) is 2.82. The summed E-state index contributed by atoms with van der Waals surface area (Å²) in [5.41, 5.74) is -1.56. The molecule has 0 unspecified atom stereocenters. The zero-order chi connectivity index (χ0) is 24.9. The van der Waals surface area contributed by atoms with Crippen LogP contribution in [0, 0.1) is 17.7 Å². The molecule has 2 aliphatic rings. The summed E-state index contributed by atoms with van der Waals surface area (Å²) in [6.07, 6.45) is -1.07. The normalized spacial score (nSPS) is 18.1. The van der Waals surface area contributed by atoms with Crippen molar-refractivity contribution in [1.82, 2.24) is 9.80 Å². The van der Waals surface area contributed by atoms with E-state index < -0.39 is 23.5 Å². The number of hydrogen-bond donors (Lipinski definition) is 0. The number of benzene rings is 1. The number of carbonyl (C=O) groups is 3. The molecule has 2 heterocycles. The van der Waals surface area contributed by atoms with Gasteiger partial charge in [0.25, 0.3) is 5.91 Å². The van der Waals surface area contributed by atoms with Gasteiger partial charge in [-0.2, -0.15) is 13.2 Å². The lowest BCUT2D eigenvalue weighted by atomic mass is 9.92. The molecule has 0 atom stereocenters. The predicted molar refractivity (Wildman–Crippen MR) is 115 cm³/mol. The largest absolute Gasteiger partial charge is 0.465 e. The number of halogens is 4. The summed E-state index contributed by atoms with van der Waals surface area (Å²) in [7, 11) is 0. The van der Waals surface area contributed by atoms with E-state index in [0.29, 0.717) is 57.5 Å². The third-order valence-corrected chi connectivity index (χ3v) is 6.54. The fourth-order valence-electron chi connectivity index (χ4n) is 4.42. The number of alkyl halides is 3. The Bertz CT molecular complexity index is 889. The molecule has 188 valence electrons. The number of nitrogens with zero attached hydrogens (tertiary/aromatic N) is 2. The van der Waals surface area contributed by atoms with Gasteiger partial charge in [-0.15, -0.1) is 0 Å². The van der Waals surface area contributed by atoms with Gasteiger partial charge in [-0.05, 0) is 50.3 Å². The Hall–Kier alpha value is -2.65. The molecule has 2 fully saturated rings. The van der Waals surface area contributed by atoms with Crippen LogP contribution in [0.4, 0.5) is 17.6 Å². The first kappa shape index (κ1) is 26.0. The number of carbonyl (C=O) groups excluding carboxylic acids is 3. The standard InChI is InChI=1S/C24H30F4N2O4/c1-2-3-14-34-23(33)17-8-12-29(13-9-17)21(31)16-6-10-30(11-7-16)22(32)18-4-5-19(20(25)15-18)24(26,27)28/h4-5,15-17H,2-3,6-14H2,1H3. The van der Waals surface area contributed by atoms with E-state index in [0.717, 1.165) is 18.9 Å². The molecule has 6 nitrogen and oxygen atoms in total. The fraction of sp³-hybridized carbons (Fsp3) is 0.625. The fourth-order valence-corrected chi connectivity index (χ4v) is 4.42. The van der Waals surface area contributed by atoms with E-state index in [1.807, 2.05) is 6.92 Å². The van der Waals surface area contributed by atoms with Gasteiger partial charge in [0, 0.05) is 37.7 Å². The molecule has 0 aliphatic carbocycles. The Kier molecular flexibility index (Phi) is 8.54. The quantitative estimate of drug-likeness (QED) is 0.342. The summed E-state index contributed by atoms with van der Waals surface area (Å²) >= 11 is 0. The highest BCUT2D eigenvalue weighted by Crippen LogP contribution is 2.32. The molecule has 0 spiro atoms. The van der Waals surface area contributed by atoms with E-state index in [1.54, 1.807) is 4.90 Å². The predicted octanol–water partition coefficient (Wildman–Crippen LogP) is 4.28. The van der Waals surface area contributed by atoms with E-state index >= 15 is 0 Å². The summed E-state index contributed by atoms with van der Waals surface area (Å²) in [5, 5.41) is 0. The van der Waals surface area contributed by atoms with Gasteiger partial charge in [-0.25, -0.2) is 4.39 Å². The van der Waals surface area contributed by atoms with Crippen molar-refractivity contribution in [2.45, 2.75) is 51.6 Å². The first-order valence-electron chi connectivity index (χ1n) is 11.7. The van der Waals surface area contributed by atoms with Crippen LogP contribution in [0.1, 0.15) is 61.4 Å². The van der Waals surface area contributed by atoms with Crippen LogP contribution in [0.3, 0.4) is 0 Å². The second kappa shape index (κ2) is 11.2. The zero-order valence-corrected chi connectivity index (χ0v) is 19.2. The molecule has 10 heteroatoms. The molecule has 3 rings (SSSR count). The van der Waals surface area contributed by atoms with Crippen LogP contribution >= 0.6 is 0 Å². The van der Waals surface area contributed by atoms with Gasteiger partial charge in [-0.1, -0.05) is 13.3 Å². The van der Waals surface area contributed by atoms with Gasteiger partial charge >= 0.3 is 12.1 Å². The Morgan fingerprint density at radius 3 is 2.12 bits per heavy atom. The smallest absolute Gasteiger partial charge is 0.419 e. The second-order valence-electron chi connectivity index (χ2n) is 8.88. The van der Waals surface area contributed by atoms with Gasteiger partial charge in [0.2, 0.25) is 5.91 Å². The number of hydrogen-bond acceptors (Lipinski definition) is 4. The molecule has 0 radical (unpaired) electrons. The Morgan fingerprint density at radius 1 is 0.971 bits per heavy atom. The Balaban J connectivity index is 1.47. The highest BCUT2D eigenvalue weighted by molar-refractivity contribution is 5.94. The number of ether oxygens (including phenoxy) is 1. The van der Waals surface area contributed by atoms with Crippen LogP contribution in [0.5, 0.6) is 0 Å². The maximum absolute atomic E-state index is 13.8. The van der Waals surface area contributed by atoms with Crippen molar-refractivity contribution in [3.63, 3.8) is 0 Å². The van der Waals surface area contributed by atoms with Crippen LogP contribution in [0.15, 0.2) is 18.2 Å². The third-order valence-electron chi connectivity index (χ3n) is 6.54. The van der Waals surface area contributed by atoms with Crippen molar-refractivity contribution < 1.29 is 36.7 Å². The van der Waals surface area contributed by atoms with Crippen molar-refractivity contribution in [2.75, 3.05) is 32.8 Å². The van der Waals surface area contributed by atoms with E-state index in [9.17, 15) is 31.9 Å². The third kappa shape index (κ3) is 6.27. The van der Waals surface area contributed by atoms with E-state index in [1.165, 1.54) is 4.90 Å². The summed E-state index contributed by atoms with van der Waals surface area (Å²) < 4.78 is 57.3. The molecule has 0 bridgehead atoms. The highest BCUT2D eigenvalue weighted by atomic mass is 19.4. The first-order valence-corrected chi connectivity index (χ1v) is 11.7. The number of likely N-dealkylation sites (tertiary alicyclic amines) is 2. The summed E-state index contributed by atoms with van der Waals surface area (Å²) in [6, 6.07) is 2.16. The number of esters is 1. The van der Waals surface area contributed by atoms with Gasteiger partial charge in [0.1, 0.15) is 5.82 Å². The van der Waals surface area contributed by atoms with Crippen molar-refractivity contribution >= 4 is 17.8 Å². The van der Waals surface area contributed by atoms with E-state index in [4.69, 9.17) is 4.74 Å².